The molecule has 0 bridgehead atoms. The van der Waals surface area contributed by atoms with Gasteiger partial charge in [0.05, 0.1) is 0 Å². The molecule has 3 rings (SSSR count). The van der Waals surface area contributed by atoms with Crippen LogP contribution in [-0.4, -0.2) is 52.5 Å². The summed E-state index contributed by atoms with van der Waals surface area (Å²) >= 11 is 0. The normalized spacial score (nSPS) is 23.4. The minimum atomic E-state index is -0.132. The summed E-state index contributed by atoms with van der Waals surface area (Å²) in [7, 11) is 1.66. The van der Waals surface area contributed by atoms with Crippen molar-refractivity contribution in [3.05, 3.63) is 34.2 Å². The second-order valence-electron chi connectivity index (χ2n) is 5.75. The molecule has 2 aliphatic heterocycles. The van der Waals surface area contributed by atoms with E-state index in [0.717, 1.165) is 26.2 Å². The molecule has 2 aliphatic rings. The number of nitrogens with zero attached hydrogens (tertiary/aromatic N) is 3. The summed E-state index contributed by atoms with van der Waals surface area (Å²) in [6, 6.07) is 5.38. The predicted octanol–water partition coefficient (Wildman–Crippen LogP) is 0.696. The quantitative estimate of drug-likeness (QED) is 0.758. The number of hydrogen-bond donors (Lipinski definition) is 0. The van der Waals surface area contributed by atoms with Crippen molar-refractivity contribution in [1.82, 2.24) is 14.4 Å². The lowest BCUT2D eigenvalue weighted by atomic mass is 9.99. The monoisotopic (exact) mass is 275 g/mol. The van der Waals surface area contributed by atoms with Gasteiger partial charge in [-0.05, 0) is 25.5 Å². The van der Waals surface area contributed by atoms with E-state index in [2.05, 4.69) is 4.90 Å². The second-order valence-corrected chi connectivity index (χ2v) is 5.75. The van der Waals surface area contributed by atoms with Crippen LogP contribution in [-0.2, 0) is 7.05 Å². The zero-order valence-electron chi connectivity index (χ0n) is 11.9. The standard InChI is InChI=1S/C15H21N3O2/c1-16-13(6-4-7-14(16)19)15(20)18-10-9-17-8-3-2-5-12(17)11-18/h4,6-7,12H,2-3,5,8-11H2,1H3. The lowest BCUT2D eigenvalue weighted by Gasteiger charge is -2.44. The fourth-order valence-electron chi connectivity index (χ4n) is 3.28. The molecule has 1 atom stereocenters. The maximum absolute atomic E-state index is 12.6. The Balaban J connectivity index is 1.77. The number of piperazine rings is 1. The van der Waals surface area contributed by atoms with Gasteiger partial charge in [-0.1, -0.05) is 12.5 Å². The number of carbonyl (C=O) groups excluding carboxylic acids is 1. The van der Waals surface area contributed by atoms with Crippen LogP contribution in [0.4, 0.5) is 0 Å². The molecule has 0 radical (unpaired) electrons. The van der Waals surface area contributed by atoms with Gasteiger partial charge >= 0.3 is 0 Å². The molecule has 2 saturated heterocycles. The van der Waals surface area contributed by atoms with Crippen LogP contribution in [0.5, 0.6) is 0 Å². The van der Waals surface area contributed by atoms with E-state index in [9.17, 15) is 9.59 Å². The van der Waals surface area contributed by atoms with Crippen molar-refractivity contribution in [2.45, 2.75) is 25.3 Å². The van der Waals surface area contributed by atoms with Crippen LogP contribution < -0.4 is 5.56 Å². The number of aromatic nitrogens is 1. The van der Waals surface area contributed by atoms with E-state index in [4.69, 9.17) is 0 Å². The van der Waals surface area contributed by atoms with Crippen LogP contribution in [0, 0.1) is 0 Å². The highest BCUT2D eigenvalue weighted by molar-refractivity contribution is 5.92. The van der Waals surface area contributed by atoms with Gasteiger partial charge in [-0.25, -0.2) is 0 Å². The van der Waals surface area contributed by atoms with Crippen LogP contribution in [0.1, 0.15) is 29.8 Å². The van der Waals surface area contributed by atoms with Crippen molar-refractivity contribution in [3.63, 3.8) is 0 Å². The zero-order valence-corrected chi connectivity index (χ0v) is 11.9. The molecule has 108 valence electrons. The molecule has 20 heavy (non-hydrogen) atoms. The number of carbonyl (C=O) groups is 1. The third kappa shape index (κ3) is 2.38. The number of hydrogen-bond acceptors (Lipinski definition) is 3. The van der Waals surface area contributed by atoms with Gasteiger partial charge in [-0.2, -0.15) is 0 Å². The summed E-state index contributed by atoms with van der Waals surface area (Å²) < 4.78 is 1.44. The lowest BCUT2D eigenvalue weighted by Crippen LogP contribution is -2.56. The number of fused-ring (bicyclic) bond motifs is 1. The highest BCUT2D eigenvalue weighted by Crippen LogP contribution is 2.21. The van der Waals surface area contributed by atoms with E-state index in [-0.39, 0.29) is 11.5 Å². The summed E-state index contributed by atoms with van der Waals surface area (Å²) in [4.78, 5) is 28.6. The predicted molar refractivity (Wildman–Crippen MR) is 76.8 cm³/mol. The first-order chi connectivity index (χ1) is 9.66. The molecule has 0 saturated carbocycles. The molecule has 0 aromatic carbocycles. The number of amides is 1. The molecule has 1 unspecified atom stereocenters. The van der Waals surface area contributed by atoms with Crippen molar-refractivity contribution < 1.29 is 4.79 Å². The van der Waals surface area contributed by atoms with Gasteiger partial charge < -0.3 is 9.47 Å². The Kier molecular flexibility index (Phi) is 3.61. The first kappa shape index (κ1) is 13.4. The smallest absolute Gasteiger partial charge is 0.270 e. The van der Waals surface area contributed by atoms with E-state index < -0.39 is 0 Å². The molecule has 1 aromatic heterocycles. The molecule has 3 heterocycles. The van der Waals surface area contributed by atoms with Crippen LogP contribution in [0.2, 0.25) is 0 Å². The summed E-state index contributed by atoms with van der Waals surface area (Å²) in [5, 5.41) is 0. The molecule has 0 spiro atoms. The van der Waals surface area contributed by atoms with Gasteiger partial charge in [0.2, 0.25) is 0 Å². The zero-order chi connectivity index (χ0) is 14.1. The van der Waals surface area contributed by atoms with Crippen LogP contribution >= 0.6 is 0 Å². The summed E-state index contributed by atoms with van der Waals surface area (Å²) in [5.74, 6) is -0.0181. The Labute approximate surface area is 118 Å². The average Bonchev–Trinajstić information content (AvgIpc) is 2.49. The molecule has 0 aliphatic carbocycles. The van der Waals surface area contributed by atoms with E-state index in [1.807, 2.05) is 4.90 Å². The first-order valence-corrected chi connectivity index (χ1v) is 7.36. The Bertz CT molecular complexity index is 566. The third-order valence-electron chi connectivity index (χ3n) is 4.53. The van der Waals surface area contributed by atoms with Gasteiger partial charge in [0.15, 0.2) is 0 Å². The number of pyridine rings is 1. The molecule has 0 N–H and O–H groups in total. The van der Waals surface area contributed by atoms with E-state index >= 15 is 0 Å². The highest BCUT2D eigenvalue weighted by Gasteiger charge is 2.31. The third-order valence-corrected chi connectivity index (χ3v) is 4.53. The first-order valence-electron chi connectivity index (χ1n) is 7.36. The van der Waals surface area contributed by atoms with Gasteiger partial charge in [-0.3, -0.25) is 14.5 Å². The fraction of sp³-hybridized carbons (Fsp3) is 0.600. The van der Waals surface area contributed by atoms with Crippen molar-refractivity contribution >= 4 is 5.91 Å². The van der Waals surface area contributed by atoms with Crippen molar-refractivity contribution in [3.8, 4) is 0 Å². The molecule has 1 aromatic rings. The van der Waals surface area contributed by atoms with Crippen molar-refractivity contribution in [2.75, 3.05) is 26.2 Å². The van der Waals surface area contributed by atoms with E-state index in [0.29, 0.717) is 11.7 Å². The molecular formula is C15H21N3O2. The highest BCUT2D eigenvalue weighted by atomic mass is 16.2. The Hall–Kier alpha value is -1.62. The van der Waals surface area contributed by atoms with Gasteiger partial charge in [0, 0.05) is 38.8 Å². The second kappa shape index (κ2) is 5.40. The van der Waals surface area contributed by atoms with E-state index in [1.54, 1.807) is 19.2 Å². The maximum Gasteiger partial charge on any atom is 0.270 e. The summed E-state index contributed by atoms with van der Waals surface area (Å²) in [6.45, 7) is 3.67. The SMILES string of the molecule is Cn1c(C(=O)N2CCN3CCCCC3C2)cccc1=O. The van der Waals surface area contributed by atoms with Gasteiger partial charge in [0.1, 0.15) is 5.69 Å². The largest absolute Gasteiger partial charge is 0.335 e. The molecule has 1 amide bonds. The number of piperidine rings is 1. The van der Waals surface area contributed by atoms with Gasteiger partial charge in [0.25, 0.3) is 11.5 Å². The minimum absolute atomic E-state index is 0.0181. The summed E-state index contributed by atoms with van der Waals surface area (Å²) in [6.07, 6.45) is 3.71. The molecule has 5 nitrogen and oxygen atoms in total. The fourth-order valence-corrected chi connectivity index (χ4v) is 3.28. The molecule has 5 heteroatoms. The lowest BCUT2D eigenvalue weighted by molar-refractivity contribution is 0.0364. The molecular weight excluding hydrogens is 254 g/mol. The Morgan fingerprint density at radius 2 is 2.05 bits per heavy atom. The molecule has 2 fully saturated rings. The van der Waals surface area contributed by atoms with Crippen LogP contribution in [0.3, 0.4) is 0 Å². The minimum Gasteiger partial charge on any atom is -0.335 e. The Morgan fingerprint density at radius 3 is 2.90 bits per heavy atom. The van der Waals surface area contributed by atoms with Gasteiger partial charge in [-0.15, -0.1) is 0 Å². The Morgan fingerprint density at radius 1 is 1.20 bits per heavy atom. The maximum atomic E-state index is 12.6. The van der Waals surface area contributed by atoms with Crippen molar-refractivity contribution in [2.24, 2.45) is 7.05 Å². The topological polar surface area (TPSA) is 45.6 Å². The van der Waals surface area contributed by atoms with Crippen LogP contribution in [0.25, 0.3) is 0 Å². The number of rotatable bonds is 1. The van der Waals surface area contributed by atoms with Crippen LogP contribution in [0.15, 0.2) is 23.0 Å². The summed E-state index contributed by atoms with van der Waals surface area (Å²) in [5.41, 5.74) is 0.355. The van der Waals surface area contributed by atoms with E-state index in [1.165, 1.54) is 29.9 Å². The average molecular weight is 275 g/mol. The van der Waals surface area contributed by atoms with Crippen molar-refractivity contribution in [1.29, 1.82) is 0 Å².